The van der Waals surface area contributed by atoms with Crippen LogP contribution in [0.1, 0.15) is 39.3 Å². The normalized spacial score (nSPS) is 15.0. The monoisotopic (exact) mass is 493 g/mol. The molecule has 0 spiro atoms. The van der Waals surface area contributed by atoms with Gasteiger partial charge in [-0.1, -0.05) is 18.2 Å². The van der Waals surface area contributed by atoms with Crippen molar-refractivity contribution in [1.29, 1.82) is 0 Å². The Morgan fingerprint density at radius 2 is 1.85 bits per heavy atom. The molecule has 180 valence electrons. The van der Waals surface area contributed by atoms with Crippen molar-refractivity contribution in [2.45, 2.75) is 32.4 Å². The van der Waals surface area contributed by atoms with Gasteiger partial charge >= 0.3 is 6.18 Å². The zero-order valence-electron chi connectivity index (χ0n) is 18.4. The largest absolute Gasteiger partial charge is 0.433 e. The van der Waals surface area contributed by atoms with Crippen LogP contribution in [0.3, 0.4) is 0 Å². The molecule has 1 N–H and O–H groups in total. The number of alkyl halides is 3. The first-order valence-electron chi connectivity index (χ1n) is 10.9. The number of fused-ring (bicyclic) bond motifs is 1. The van der Waals surface area contributed by atoms with Gasteiger partial charge in [0.2, 0.25) is 5.91 Å². The molecule has 34 heavy (non-hydrogen) atoms. The standard InChI is InChI=1S/C24H23F4N3O2S/c1-14-17-6-7-19(24(26,27)28)30-22(17)34-20(14)23(33)31-12-9-16(10-13-31)21(32)29-11-8-15-4-2-3-5-18(15)25/h2-7,16H,8-13H2,1H3,(H,29,32). The smallest absolute Gasteiger partial charge is 0.356 e. The van der Waals surface area contributed by atoms with E-state index in [4.69, 9.17) is 0 Å². The molecule has 0 atom stereocenters. The molecule has 1 fully saturated rings. The molecule has 3 aromatic rings. The highest BCUT2D eigenvalue weighted by Crippen LogP contribution is 2.35. The van der Waals surface area contributed by atoms with E-state index < -0.39 is 11.9 Å². The van der Waals surface area contributed by atoms with Gasteiger partial charge in [0.05, 0.1) is 4.88 Å². The summed E-state index contributed by atoms with van der Waals surface area (Å²) in [7, 11) is 0. The van der Waals surface area contributed by atoms with Crippen LogP contribution in [0.5, 0.6) is 0 Å². The van der Waals surface area contributed by atoms with Gasteiger partial charge in [0, 0.05) is 30.9 Å². The van der Waals surface area contributed by atoms with Gasteiger partial charge in [0.15, 0.2) is 0 Å². The summed E-state index contributed by atoms with van der Waals surface area (Å²) in [5, 5.41) is 3.37. The number of pyridine rings is 1. The number of aromatic nitrogens is 1. The number of hydrogen-bond acceptors (Lipinski definition) is 4. The number of likely N-dealkylation sites (tertiary alicyclic amines) is 1. The molecule has 0 saturated carbocycles. The number of nitrogens with zero attached hydrogens (tertiary/aromatic N) is 2. The van der Waals surface area contributed by atoms with Gasteiger partial charge in [0.1, 0.15) is 16.3 Å². The van der Waals surface area contributed by atoms with Crippen molar-refractivity contribution in [3.05, 3.63) is 63.9 Å². The molecule has 1 aliphatic rings. The number of aryl methyl sites for hydroxylation is 1. The van der Waals surface area contributed by atoms with Crippen LogP contribution in [0, 0.1) is 18.7 Å². The number of nitrogens with one attached hydrogen (secondary N) is 1. The number of carbonyl (C=O) groups excluding carboxylic acids is 2. The minimum Gasteiger partial charge on any atom is -0.356 e. The van der Waals surface area contributed by atoms with Crippen molar-refractivity contribution in [3.8, 4) is 0 Å². The second kappa shape index (κ2) is 9.69. The molecule has 0 bridgehead atoms. The highest BCUT2D eigenvalue weighted by atomic mass is 32.1. The van der Waals surface area contributed by atoms with E-state index in [1.165, 1.54) is 12.1 Å². The minimum atomic E-state index is -4.55. The zero-order valence-corrected chi connectivity index (χ0v) is 19.2. The number of benzene rings is 1. The third-order valence-electron chi connectivity index (χ3n) is 6.09. The number of thiophene rings is 1. The van der Waals surface area contributed by atoms with Crippen molar-refractivity contribution < 1.29 is 27.2 Å². The Labute approximate surface area is 197 Å². The van der Waals surface area contributed by atoms with Crippen LogP contribution in [0.25, 0.3) is 10.2 Å². The Morgan fingerprint density at radius 1 is 1.15 bits per heavy atom. The van der Waals surface area contributed by atoms with Gasteiger partial charge in [0.25, 0.3) is 5.91 Å². The molecule has 2 amide bonds. The lowest BCUT2D eigenvalue weighted by Crippen LogP contribution is -2.43. The predicted octanol–water partition coefficient (Wildman–Crippen LogP) is 4.97. The molecule has 10 heteroatoms. The fraction of sp³-hybridized carbons (Fsp3) is 0.375. The Balaban J connectivity index is 1.34. The number of halogens is 4. The van der Waals surface area contributed by atoms with Crippen LogP contribution >= 0.6 is 11.3 Å². The molecule has 0 aliphatic carbocycles. The second-order valence-electron chi connectivity index (χ2n) is 8.30. The van der Waals surface area contributed by atoms with Crippen LogP contribution in [-0.2, 0) is 17.4 Å². The highest BCUT2D eigenvalue weighted by molar-refractivity contribution is 7.20. The summed E-state index contributed by atoms with van der Waals surface area (Å²) >= 11 is 0.961. The average Bonchev–Trinajstić information content (AvgIpc) is 3.15. The second-order valence-corrected chi connectivity index (χ2v) is 9.30. The van der Waals surface area contributed by atoms with Gasteiger partial charge in [-0.05, 0) is 55.5 Å². The number of amides is 2. The van der Waals surface area contributed by atoms with Crippen molar-refractivity contribution in [2.24, 2.45) is 5.92 Å². The summed E-state index contributed by atoms with van der Waals surface area (Å²) in [4.78, 5) is 31.4. The molecule has 3 heterocycles. The third-order valence-corrected chi connectivity index (χ3v) is 7.28. The summed E-state index contributed by atoms with van der Waals surface area (Å²) in [6.45, 7) is 2.78. The molecular formula is C24H23F4N3O2S. The third kappa shape index (κ3) is 5.06. The molecule has 5 nitrogen and oxygen atoms in total. The molecule has 0 radical (unpaired) electrons. The fourth-order valence-electron chi connectivity index (χ4n) is 4.12. The number of carbonyl (C=O) groups is 2. The minimum absolute atomic E-state index is 0.120. The van der Waals surface area contributed by atoms with E-state index in [9.17, 15) is 27.2 Å². The van der Waals surface area contributed by atoms with Crippen LogP contribution in [0.4, 0.5) is 17.6 Å². The summed E-state index contributed by atoms with van der Waals surface area (Å²) in [6.07, 6.45) is -3.19. The Bertz CT molecular complexity index is 1220. The van der Waals surface area contributed by atoms with E-state index in [0.717, 1.165) is 17.4 Å². The van der Waals surface area contributed by atoms with Crippen LogP contribution < -0.4 is 5.32 Å². The first-order valence-corrected chi connectivity index (χ1v) is 11.7. The lowest BCUT2D eigenvalue weighted by atomic mass is 9.95. The Morgan fingerprint density at radius 3 is 2.53 bits per heavy atom. The molecule has 2 aromatic heterocycles. The van der Waals surface area contributed by atoms with Crippen LogP contribution in [0.15, 0.2) is 36.4 Å². The maximum Gasteiger partial charge on any atom is 0.433 e. The van der Waals surface area contributed by atoms with Crippen LogP contribution in [0.2, 0.25) is 0 Å². The Kier molecular flexibility index (Phi) is 6.88. The van der Waals surface area contributed by atoms with E-state index in [-0.39, 0.29) is 28.4 Å². The van der Waals surface area contributed by atoms with Crippen LogP contribution in [-0.4, -0.2) is 41.3 Å². The van der Waals surface area contributed by atoms with Gasteiger partial charge in [-0.2, -0.15) is 13.2 Å². The Hall–Kier alpha value is -3.01. The number of piperidine rings is 1. The lowest BCUT2D eigenvalue weighted by Gasteiger charge is -2.31. The van der Waals surface area contributed by atoms with E-state index >= 15 is 0 Å². The average molecular weight is 494 g/mol. The summed E-state index contributed by atoms with van der Waals surface area (Å²) in [5.41, 5.74) is 0.167. The summed E-state index contributed by atoms with van der Waals surface area (Å²) in [5.74, 6) is -0.924. The first-order chi connectivity index (χ1) is 16.1. The molecule has 4 rings (SSSR count). The van der Waals surface area contributed by atoms with Crippen molar-refractivity contribution >= 4 is 33.4 Å². The quantitative estimate of drug-likeness (QED) is 0.511. The van der Waals surface area contributed by atoms with Crippen molar-refractivity contribution in [1.82, 2.24) is 15.2 Å². The fourth-order valence-corrected chi connectivity index (χ4v) is 5.26. The highest BCUT2D eigenvalue weighted by Gasteiger charge is 2.34. The predicted molar refractivity (Wildman–Crippen MR) is 121 cm³/mol. The molecule has 1 aliphatic heterocycles. The molecule has 0 unspecified atom stereocenters. The van der Waals surface area contributed by atoms with E-state index in [2.05, 4.69) is 10.3 Å². The van der Waals surface area contributed by atoms with E-state index in [1.807, 2.05) is 0 Å². The van der Waals surface area contributed by atoms with Gasteiger partial charge in [-0.15, -0.1) is 11.3 Å². The molecule has 1 saturated heterocycles. The van der Waals surface area contributed by atoms with Gasteiger partial charge < -0.3 is 10.2 Å². The van der Waals surface area contributed by atoms with E-state index in [0.29, 0.717) is 60.3 Å². The summed E-state index contributed by atoms with van der Waals surface area (Å²) in [6, 6.07) is 8.70. The number of hydrogen-bond donors (Lipinski definition) is 1. The topological polar surface area (TPSA) is 62.3 Å². The zero-order chi connectivity index (χ0) is 24.5. The molecular weight excluding hydrogens is 470 g/mol. The maximum atomic E-state index is 13.7. The lowest BCUT2D eigenvalue weighted by molar-refractivity contribution is -0.141. The van der Waals surface area contributed by atoms with E-state index in [1.54, 1.807) is 30.0 Å². The first kappa shape index (κ1) is 24.1. The number of rotatable bonds is 5. The summed E-state index contributed by atoms with van der Waals surface area (Å²) < 4.78 is 52.6. The molecule has 1 aromatic carbocycles. The maximum absolute atomic E-state index is 13.7. The van der Waals surface area contributed by atoms with Gasteiger partial charge in [-0.3, -0.25) is 9.59 Å². The van der Waals surface area contributed by atoms with Gasteiger partial charge in [-0.25, -0.2) is 9.37 Å². The van der Waals surface area contributed by atoms with Crippen molar-refractivity contribution in [2.75, 3.05) is 19.6 Å². The van der Waals surface area contributed by atoms with Crippen molar-refractivity contribution in [3.63, 3.8) is 0 Å². The SMILES string of the molecule is Cc1c(C(=O)N2CCC(C(=O)NCCc3ccccc3F)CC2)sc2nc(C(F)(F)F)ccc12.